The molecule has 0 bridgehead atoms. The Labute approximate surface area is 98.0 Å². The van der Waals surface area contributed by atoms with Gasteiger partial charge >= 0.3 is 0 Å². The molecule has 0 saturated carbocycles. The lowest BCUT2D eigenvalue weighted by Gasteiger charge is -2.26. The minimum atomic E-state index is 0.406. The van der Waals surface area contributed by atoms with Crippen molar-refractivity contribution in [2.24, 2.45) is 5.92 Å². The van der Waals surface area contributed by atoms with Crippen LogP contribution in [0.15, 0.2) is 18.7 Å². The van der Waals surface area contributed by atoms with Crippen molar-refractivity contribution in [1.82, 2.24) is 14.9 Å². The van der Waals surface area contributed by atoms with E-state index in [1.807, 2.05) is 18.7 Å². The summed E-state index contributed by atoms with van der Waals surface area (Å²) in [6.45, 7) is 8.30. The number of hydrogen-bond donors (Lipinski definition) is 1. The number of imidazole rings is 1. The molecule has 0 aliphatic rings. The normalized spacial score (nSPS) is 15.3. The SMILES string of the molecule is COCC(NC(C)Cn1ccnc1)C(C)C. The smallest absolute Gasteiger partial charge is 0.0946 e. The molecule has 1 aromatic rings. The van der Waals surface area contributed by atoms with E-state index in [1.54, 1.807) is 7.11 Å². The molecule has 1 rings (SSSR count). The number of methoxy groups -OCH3 is 1. The molecule has 0 amide bonds. The van der Waals surface area contributed by atoms with Gasteiger partial charge in [-0.1, -0.05) is 13.8 Å². The van der Waals surface area contributed by atoms with Crippen molar-refractivity contribution in [3.8, 4) is 0 Å². The van der Waals surface area contributed by atoms with Crippen LogP contribution in [0, 0.1) is 5.92 Å². The molecule has 0 aliphatic carbocycles. The van der Waals surface area contributed by atoms with Crippen molar-refractivity contribution in [1.29, 1.82) is 0 Å². The van der Waals surface area contributed by atoms with Crippen LogP contribution in [-0.4, -0.2) is 35.4 Å². The average Bonchev–Trinajstić information content (AvgIpc) is 2.69. The van der Waals surface area contributed by atoms with Crippen molar-refractivity contribution >= 4 is 0 Å². The van der Waals surface area contributed by atoms with E-state index >= 15 is 0 Å². The molecule has 0 radical (unpaired) electrons. The highest BCUT2D eigenvalue weighted by atomic mass is 16.5. The molecule has 0 saturated heterocycles. The summed E-state index contributed by atoms with van der Waals surface area (Å²) in [6.07, 6.45) is 5.64. The standard InChI is InChI=1S/C12H23N3O/c1-10(2)12(8-16-4)14-11(3)7-15-6-5-13-9-15/h5-6,9-12,14H,7-8H2,1-4H3. The molecule has 16 heavy (non-hydrogen) atoms. The first-order chi connectivity index (χ1) is 7.63. The van der Waals surface area contributed by atoms with Gasteiger partial charge in [0.25, 0.3) is 0 Å². The van der Waals surface area contributed by atoms with Gasteiger partial charge < -0.3 is 14.6 Å². The molecule has 1 aromatic heterocycles. The summed E-state index contributed by atoms with van der Waals surface area (Å²) < 4.78 is 7.30. The fourth-order valence-corrected chi connectivity index (χ4v) is 1.74. The van der Waals surface area contributed by atoms with E-state index in [0.29, 0.717) is 18.0 Å². The molecule has 0 spiro atoms. The van der Waals surface area contributed by atoms with Gasteiger partial charge in [0.2, 0.25) is 0 Å². The lowest BCUT2D eigenvalue weighted by molar-refractivity contribution is 0.140. The summed E-state index contributed by atoms with van der Waals surface area (Å²) in [5, 5.41) is 3.58. The second kappa shape index (κ2) is 6.66. The van der Waals surface area contributed by atoms with Gasteiger partial charge in [-0.25, -0.2) is 4.98 Å². The Hall–Kier alpha value is -0.870. The van der Waals surface area contributed by atoms with Gasteiger partial charge in [-0.2, -0.15) is 0 Å². The maximum atomic E-state index is 5.22. The molecular weight excluding hydrogens is 202 g/mol. The highest BCUT2D eigenvalue weighted by molar-refractivity contribution is 4.79. The van der Waals surface area contributed by atoms with Crippen LogP contribution < -0.4 is 5.32 Å². The number of nitrogens with one attached hydrogen (secondary N) is 1. The zero-order valence-electron chi connectivity index (χ0n) is 10.7. The average molecular weight is 225 g/mol. The van der Waals surface area contributed by atoms with Crippen LogP contribution in [0.2, 0.25) is 0 Å². The highest BCUT2D eigenvalue weighted by Gasteiger charge is 2.15. The lowest BCUT2D eigenvalue weighted by atomic mass is 10.0. The summed E-state index contributed by atoms with van der Waals surface area (Å²) in [5.74, 6) is 0.574. The molecule has 0 aromatic carbocycles. The van der Waals surface area contributed by atoms with Crippen LogP contribution in [0.5, 0.6) is 0 Å². The van der Waals surface area contributed by atoms with Gasteiger partial charge in [-0.3, -0.25) is 0 Å². The summed E-state index contributed by atoms with van der Waals surface area (Å²) in [7, 11) is 1.75. The minimum Gasteiger partial charge on any atom is -0.383 e. The molecule has 2 atom stereocenters. The number of aromatic nitrogens is 2. The fraction of sp³-hybridized carbons (Fsp3) is 0.750. The van der Waals surface area contributed by atoms with Crippen LogP contribution in [0.25, 0.3) is 0 Å². The predicted octanol–water partition coefficient (Wildman–Crippen LogP) is 1.53. The molecular formula is C12H23N3O. The molecule has 1 heterocycles. The van der Waals surface area contributed by atoms with E-state index in [2.05, 4.69) is 35.6 Å². The quantitative estimate of drug-likeness (QED) is 0.765. The predicted molar refractivity (Wildman–Crippen MR) is 65.3 cm³/mol. The number of rotatable bonds is 7. The molecule has 2 unspecified atom stereocenters. The van der Waals surface area contributed by atoms with Gasteiger partial charge in [0, 0.05) is 38.1 Å². The zero-order chi connectivity index (χ0) is 12.0. The summed E-state index contributed by atoms with van der Waals surface area (Å²) in [4.78, 5) is 4.04. The van der Waals surface area contributed by atoms with Gasteiger partial charge in [0.15, 0.2) is 0 Å². The topological polar surface area (TPSA) is 39.1 Å². The van der Waals surface area contributed by atoms with Crippen molar-refractivity contribution < 1.29 is 4.74 Å². The fourth-order valence-electron chi connectivity index (χ4n) is 1.74. The number of ether oxygens (including phenoxy) is 1. The number of hydrogen-bond acceptors (Lipinski definition) is 3. The van der Waals surface area contributed by atoms with Crippen molar-refractivity contribution in [2.45, 2.75) is 39.4 Å². The van der Waals surface area contributed by atoms with Gasteiger partial charge in [-0.05, 0) is 12.8 Å². The van der Waals surface area contributed by atoms with Crippen LogP contribution in [0.3, 0.4) is 0 Å². The van der Waals surface area contributed by atoms with Crippen LogP contribution in [0.1, 0.15) is 20.8 Å². The third-order valence-corrected chi connectivity index (χ3v) is 2.69. The largest absolute Gasteiger partial charge is 0.383 e. The van der Waals surface area contributed by atoms with Crippen LogP contribution >= 0.6 is 0 Å². The first kappa shape index (κ1) is 13.2. The Morgan fingerprint density at radius 1 is 1.38 bits per heavy atom. The highest BCUT2D eigenvalue weighted by Crippen LogP contribution is 2.04. The second-order valence-corrected chi connectivity index (χ2v) is 4.63. The number of nitrogens with zero attached hydrogens (tertiary/aromatic N) is 2. The van der Waals surface area contributed by atoms with E-state index in [1.165, 1.54) is 0 Å². The first-order valence-corrected chi connectivity index (χ1v) is 5.84. The van der Waals surface area contributed by atoms with Crippen molar-refractivity contribution in [3.05, 3.63) is 18.7 Å². The first-order valence-electron chi connectivity index (χ1n) is 5.84. The van der Waals surface area contributed by atoms with Gasteiger partial charge in [-0.15, -0.1) is 0 Å². The van der Waals surface area contributed by atoms with E-state index in [0.717, 1.165) is 13.2 Å². The Kier molecular flexibility index (Phi) is 5.49. The third kappa shape index (κ3) is 4.33. The zero-order valence-corrected chi connectivity index (χ0v) is 10.7. The van der Waals surface area contributed by atoms with Gasteiger partial charge in [0.05, 0.1) is 12.9 Å². The molecule has 1 N–H and O–H groups in total. The summed E-state index contributed by atoms with van der Waals surface area (Å²) in [5.41, 5.74) is 0. The van der Waals surface area contributed by atoms with Crippen LogP contribution in [0.4, 0.5) is 0 Å². The monoisotopic (exact) mass is 225 g/mol. The molecule has 0 fully saturated rings. The van der Waals surface area contributed by atoms with Gasteiger partial charge in [0.1, 0.15) is 0 Å². The van der Waals surface area contributed by atoms with E-state index < -0.39 is 0 Å². The Balaban J connectivity index is 2.39. The molecule has 92 valence electrons. The second-order valence-electron chi connectivity index (χ2n) is 4.63. The molecule has 0 aliphatic heterocycles. The van der Waals surface area contributed by atoms with Crippen molar-refractivity contribution in [3.63, 3.8) is 0 Å². The van der Waals surface area contributed by atoms with E-state index in [-0.39, 0.29) is 0 Å². The maximum Gasteiger partial charge on any atom is 0.0946 e. The third-order valence-electron chi connectivity index (χ3n) is 2.69. The Morgan fingerprint density at radius 3 is 2.62 bits per heavy atom. The summed E-state index contributed by atoms with van der Waals surface area (Å²) >= 11 is 0. The Morgan fingerprint density at radius 2 is 2.12 bits per heavy atom. The van der Waals surface area contributed by atoms with Crippen LogP contribution in [-0.2, 0) is 11.3 Å². The maximum absolute atomic E-state index is 5.22. The lowest BCUT2D eigenvalue weighted by Crippen LogP contribution is -2.44. The van der Waals surface area contributed by atoms with Crippen molar-refractivity contribution in [2.75, 3.05) is 13.7 Å². The summed E-state index contributed by atoms with van der Waals surface area (Å²) in [6, 6.07) is 0.820. The minimum absolute atomic E-state index is 0.406. The van der Waals surface area contributed by atoms with E-state index in [9.17, 15) is 0 Å². The molecule has 4 heteroatoms. The Bertz CT molecular complexity index is 272. The van der Waals surface area contributed by atoms with E-state index in [4.69, 9.17) is 4.74 Å². The molecule has 4 nitrogen and oxygen atoms in total.